The maximum atomic E-state index is 12.5. The Balaban J connectivity index is 1.58. The van der Waals surface area contributed by atoms with Crippen molar-refractivity contribution in [3.63, 3.8) is 0 Å². The number of benzene rings is 2. The van der Waals surface area contributed by atoms with Gasteiger partial charge in [0.1, 0.15) is 0 Å². The van der Waals surface area contributed by atoms with Crippen molar-refractivity contribution in [1.82, 2.24) is 10.3 Å². The highest BCUT2D eigenvalue weighted by Gasteiger charge is 2.15. The van der Waals surface area contributed by atoms with Crippen molar-refractivity contribution in [3.05, 3.63) is 78.1 Å². The number of pyridine rings is 1. The van der Waals surface area contributed by atoms with E-state index in [4.69, 9.17) is 4.74 Å². The van der Waals surface area contributed by atoms with Crippen LogP contribution in [0, 0.1) is 0 Å². The molecule has 0 spiro atoms. The molecule has 1 amide bonds. The van der Waals surface area contributed by atoms with Gasteiger partial charge in [0, 0.05) is 24.5 Å². The molecule has 0 aliphatic heterocycles. The van der Waals surface area contributed by atoms with E-state index in [9.17, 15) is 22.0 Å². The molecule has 174 valence electrons. The number of alkyl halides is 2. The molecule has 0 aliphatic carbocycles. The van der Waals surface area contributed by atoms with Crippen molar-refractivity contribution < 1.29 is 31.5 Å². The van der Waals surface area contributed by atoms with Crippen LogP contribution < -0.4 is 19.5 Å². The second kappa shape index (κ2) is 10.7. The maximum absolute atomic E-state index is 12.5. The van der Waals surface area contributed by atoms with Crippen molar-refractivity contribution in [3.8, 4) is 11.5 Å². The Bertz CT molecular complexity index is 1190. The van der Waals surface area contributed by atoms with Crippen LogP contribution in [0.2, 0.25) is 0 Å². The second-order valence-electron chi connectivity index (χ2n) is 6.74. The van der Waals surface area contributed by atoms with E-state index < -0.39 is 22.5 Å². The largest absolute Gasteiger partial charge is 0.493 e. The fourth-order valence-corrected chi connectivity index (χ4v) is 3.97. The minimum atomic E-state index is -3.81. The Morgan fingerprint density at radius 3 is 2.36 bits per heavy atom. The van der Waals surface area contributed by atoms with Gasteiger partial charge in [-0.1, -0.05) is 6.07 Å². The van der Waals surface area contributed by atoms with Crippen LogP contribution in [0.15, 0.2) is 71.9 Å². The smallest absolute Gasteiger partial charge is 0.387 e. The summed E-state index contributed by atoms with van der Waals surface area (Å²) < 4.78 is 61.9. The molecule has 0 aliphatic rings. The number of sulfonamides is 1. The highest BCUT2D eigenvalue weighted by molar-refractivity contribution is 7.92. The third-order valence-electron chi connectivity index (χ3n) is 4.50. The summed E-state index contributed by atoms with van der Waals surface area (Å²) >= 11 is 0. The molecular formula is C22H21F2N3O5S. The Kier molecular flexibility index (Phi) is 7.78. The van der Waals surface area contributed by atoms with E-state index in [1.54, 1.807) is 6.07 Å². The fraction of sp³-hybridized carbons (Fsp3) is 0.182. The Labute approximate surface area is 189 Å². The number of halogens is 2. The van der Waals surface area contributed by atoms with Gasteiger partial charge in [0.2, 0.25) is 0 Å². The van der Waals surface area contributed by atoms with Gasteiger partial charge in [-0.3, -0.25) is 14.5 Å². The first-order valence-corrected chi connectivity index (χ1v) is 11.2. The zero-order chi connectivity index (χ0) is 23.8. The number of ether oxygens (including phenoxy) is 2. The van der Waals surface area contributed by atoms with Gasteiger partial charge in [-0.15, -0.1) is 0 Å². The minimum absolute atomic E-state index is 0.000606. The van der Waals surface area contributed by atoms with Crippen LogP contribution in [-0.2, 0) is 16.4 Å². The van der Waals surface area contributed by atoms with Gasteiger partial charge in [0.05, 0.1) is 17.7 Å². The third kappa shape index (κ3) is 6.62. The molecule has 33 heavy (non-hydrogen) atoms. The molecule has 2 N–H and O–H groups in total. The van der Waals surface area contributed by atoms with Crippen LogP contribution in [0.5, 0.6) is 11.5 Å². The topological polar surface area (TPSA) is 107 Å². The van der Waals surface area contributed by atoms with Crippen molar-refractivity contribution >= 4 is 21.6 Å². The highest BCUT2D eigenvalue weighted by atomic mass is 32.2. The molecule has 2 aromatic carbocycles. The zero-order valence-electron chi connectivity index (χ0n) is 17.5. The van der Waals surface area contributed by atoms with Crippen LogP contribution >= 0.6 is 0 Å². The molecule has 0 unspecified atom stereocenters. The SMILES string of the molecule is COc1ccc(CCNC(=O)c2ccc(S(=O)(=O)Nc3ccncc3)cc2)cc1OC(F)F. The molecule has 0 saturated carbocycles. The Morgan fingerprint density at radius 2 is 1.73 bits per heavy atom. The lowest BCUT2D eigenvalue weighted by molar-refractivity contribution is -0.0512. The Morgan fingerprint density at radius 1 is 1.03 bits per heavy atom. The normalized spacial score (nSPS) is 11.2. The summed E-state index contributed by atoms with van der Waals surface area (Å²) in [5, 5.41) is 2.70. The van der Waals surface area contributed by atoms with Crippen LogP contribution in [0.3, 0.4) is 0 Å². The fourth-order valence-electron chi connectivity index (χ4n) is 2.91. The number of nitrogens with one attached hydrogen (secondary N) is 2. The zero-order valence-corrected chi connectivity index (χ0v) is 18.3. The van der Waals surface area contributed by atoms with Gasteiger partial charge in [-0.25, -0.2) is 8.42 Å². The van der Waals surface area contributed by atoms with Gasteiger partial charge in [-0.2, -0.15) is 8.78 Å². The van der Waals surface area contributed by atoms with Crippen molar-refractivity contribution in [2.45, 2.75) is 17.9 Å². The first-order chi connectivity index (χ1) is 15.8. The number of carbonyl (C=O) groups is 1. The monoisotopic (exact) mass is 477 g/mol. The van der Waals surface area contributed by atoms with E-state index in [-0.39, 0.29) is 28.5 Å². The number of rotatable bonds is 10. The molecule has 3 rings (SSSR count). The molecule has 8 nitrogen and oxygen atoms in total. The lowest BCUT2D eigenvalue weighted by Gasteiger charge is -2.12. The summed E-state index contributed by atoms with van der Waals surface area (Å²) in [6.45, 7) is -2.76. The van der Waals surface area contributed by atoms with Crippen LogP contribution in [0.1, 0.15) is 15.9 Å². The van der Waals surface area contributed by atoms with E-state index in [0.29, 0.717) is 17.7 Å². The van der Waals surface area contributed by atoms with Gasteiger partial charge in [0.25, 0.3) is 15.9 Å². The third-order valence-corrected chi connectivity index (χ3v) is 5.90. The first kappa shape index (κ1) is 23.9. The van der Waals surface area contributed by atoms with Gasteiger partial charge in [-0.05, 0) is 60.5 Å². The molecule has 0 radical (unpaired) electrons. The summed E-state index contributed by atoms with van der Waals surface area (Å²) in [5.74, 6) is -0.316. The summed E-state index contributed by atoms with van der Waals surface area (Å²) in [6.07, 6.45) is 3.28. The number of aromatic nitrogens is 1. The predicted octanol–water partition coefficient (Wildman–Crippen LogP) is 3.46. The average Bonchev–Trinajstić information content (AvgIpc) is 2.79. The van der Waals surface area contributed by atoms with Crippen molar-refractivity contribution in [2.75, 3.05) is 18.4 Å². The van der Waals surface area contributed by atoms with Crippen molar-refractivity contribution in [1.29, 1.82) is 0 Å². The number of anilines is 1. The second-order valence-corrected chi connectivity index (χ2v) is 8.42. The summed E-state index contributed by atoms with van der Waals surface area (Å²) in [4.78, 5) is 16.2. The van der Waals surface area contributed by atoms with Gasteiger partial charge >= 0.3 is 6.61 Å². The highest BCUT2D eigenvalue weighted by Crippen LogP contribution is 2.29. The lowest BCUT2D eigenvalue weighted by Crippen LogP contribution is -2.25. The number of nitrogens with zero attached hydrogens (tertiary/aromatic N) is 1. The van der Waals surface area contributed by atoms with Gasteiger partial charge < -0.3 is 14.8 Å². The average molecular weight is 477 g/mol. The lowest BCUT2D eigenvalue weighted by atomic mass is 10.1. The number of carbonyl (C=O) groups excluding carboxylic acids is 1. The number of amides is 1. The molecule has 0 fully saturated rings. The molecule has 0 bridgehead atoms. The quantitative estimate of drug-likeness (QED) is 0.463. The molecule has 0 atom stereocenters. The molecular weight excluding hydrogens is 456 g/mol. The van der Waals surface area contributed by atoms with E-state index in [2.05, 4.69) is 19.8 Å². The predicted molar refractivity (Wildman–Crippen MR) is 117 cm³/mol. The van der Waals surface area contributed by atoms with Crippen LogP contribution in [0.4, 0.5) is 14.5 Å². The van der Waals surface area contributed by atoms with Crippen LogP contribution in [-0.4, -0.2) is 39.6 Å². The molecule has 1 aromatic heterocycles. The Hall–Kier alpha value is -3.73. The van der Waals surface area contributed by atoms with E-state index in [1.807, 2.05) is 0 Å². The van der Waals surface area contributed by atoms with Gasteiger partial charge in [0.15, 0.2) is 11.5 Å². The standard InChI is InChI=1S/C22H21F2N3O5S/c1-31-19-7-2-15(14-20(19)32-22(23)24)8-13-26-21(28)16-3-5-18(6-4-16)33(29,30)27-17-9-11-25-12-10-17/h2-7,9-12,14,22H,8,13H2,1H3,(H,25,27)(H,26,28). The molecule has 0 saturated heterocycles. The van der Waals surface area contributed by atoms with E-state index in [1.165, 1.54) is 68.0 Å². The minimum Gasteiger partial charge on any atom is -0.493 e. The first-order valence-electron chi connectivity index (χ1n) is 9.71. The maximum Gasteiger partial charge on any atom is 0.387 e. The summed E-state index contributed by atoms with van der Waals surface area (Å²) in [6, 6.07) is 13.1. The molecule has 11 heteroatoms. The number of hydrogen-bond acceptors (Lipinski definition) is 6. The molecule has 1 heterocycles. The van der Waals surface area contributed by atoms with E-state index in [0.717, 1.165) is 0 Å². The summed E-state index contributed by atoms with van der Waals surface area (Å²) in [7, 11) is -2.47. The number of hydrogen-bond donors (Lipinski definition) is 2. The summed E-state index contributed by atoms with van der Waals surface area (Å²) in [5.41, 5.74) is 1.30. The van der Waals surface area contributed by atoms with Crippen LogP contribution in [0.25, 0.3) is 0 Å². The molecule has 3 aromatic rings. The van der Waals surface area contributed by atoms with Crippen molar-refractivity contribution in [2.24, 2.45) is 0 Å². The van der Waals surface area contributed by atoms with E-state index >= 15 is 0 Å². The number of methoxy groups -OCH3 is 1.